The number of thiocarbonyl (C=S) groups is 1. The van der Waals surface area contributed by atoms with Crippen LogP contribution in [0.2, 0.25) is 5.02 Å². The van der Waals surface area contributed by atoms with E-state index in [1.807, 2.05) is 31.2 Å². The van der Waals surface area contributed by atoms with Crippen molar-refractivity contribution >= 4 is 47.0 Å². The molecule has 202 valence electrons. The summed E-state index contributed by atoms with van der Waals surface area (Å²) in [6.45, 7) is 5.36. The normalized spacial score (nSPS) is 15.1. The summed E-state index contributed by atoms with van der Waals surface area (Å²) in [5.74, 6) is 0.541. The molecule has 0 saturated heterocycles. The summed E-state index contributed by atoms with van der Waals surface area (Å²) in [5.41, 5.74) is 5.89. The van der Waals surface area contributed by atoms with Gasteiger partial charge in [0.1, 0.15) is 17.3 Å². The molecule has 0 spiro atoms. The van der Waals surface area contributed by atoms with Crippen molar-refractivity contribution in [2.24, 2.45) is 5.10 Å². The molecule has 3 N–H and O–H groups in total. The van der Waals surface area contributed by atoms with Crippen molar-refractivity contribution in [2.45, 2.75) is 26.8 Å². The number of nitrogens with one attached hydrogen (secondary N) is 3. The third kappa shape index (κ3) is 6.84. The number of hydrogen-bond donors (Lipinski definition) is 3. The fourth-order valence-corrected chi connectivity index (χ4v) is 4.47. The van der Waals surface area contributed by atoms with Gasteiger partial charge >= 0.3 is 5.97 Å². The molecule has 1 atom stereocenters. The highest BCUT2D eigenvalue weighted by molar-refractivity contribution is 7.80. The topological polar surface area (TPSA) is 114 Å². The first-order chi connectivity index (χ1) is 18.8. The Balaban J connectivity index is 1.41. The van der Waals surface area contributed by atoms with Crippen molar-refractivity contribution in [1.29, 1.82) is 0 Å². The smallest absolute Gasteiger partial charge is 0.338 e. The first kappa shape index (κ1) is 27.9. The Labute approximate surface area is 236 Å². The molecule has 2 aromatic carbocycles. The zero-order valence-electron chi connectivity index (χ0n) is 21.5. The molecule has 3 aromatic rings. The number of carbonyl (C=O) groups excluding carboxylic acids is 2. The van der Waals surface area contributed by atoms with Gasteiger partial charge in [-0.15, -0.1) is 0 Å². The lowest BCUT2D eigenvalue weighted by Gasteiger charge is -2.30. The van der Waals surface area contributed by atoms with Crippen LogP contribution in [-0.4, -0.2) is 36.4 Å². The van der Waals surface area contributed by atoms with Crippen molar-refractivity contribution in [3.8, 4) is 17.1 Å². The van der Waals surface area contributed by atoms with Crippen molar-refractivity contribution in [2.75, 3.05) is 13.2 Å². The lowest BCUT2D eigenvalue weighted by molar-refractivity contribution is -0.139. The molecule has 1 amide bonds. The molecular formula is C28H27ClN4O5S. The molecule has 0 radical (unpaired) electrons. The van der Waals surface area contributed by atoms with Crippen molar-refractivity contribution in [3.05, 3.63) is 87.8 Å². The molecule has 0 fully saturated rings. The van der Waals surface area contributed by atoms with Gasteiger partial charge in [-0.25, -0.2) is 10.2 Å². The number of amides is 1. The van der Waals surface area contributed by atoms with Crippen LogP contribution in [0.3, 0.4) is 0 Å². The van der Waals surface area contributed by atoms with Crippen molar-refractivity contribution < 1.29 is 23.5 Å². The minimum Gasteiger partial charge on any atom is -0.483 e. The van der Waals surface area contributed by atoms with Gasteiger partial charge in [-0.05, 0) is 68.9 Å². The second-order valence-corrected chi connectivity index (χ2v) is 9.42. The predicted molar refractivity (Wildman–Crippen MR) is 153 cm³/mol. The molecule has 0 unspecified atom stereocenters. The number of hydrazone groups is 1. The number of allylic oxidation sites excluding steroid dienone is 1. The average Bonchev–Trinajstić information content (AvgIpc) is 3.37. The monoisotopic (exact) mass is 566 g/mol. The zero-order valence-corrected chi connectivity index (χ0v) is 23.1. The Morgan fingerprint density at radius 1 is 1.18 bits per heavy atom. The number of ether oxygens (including phenoxy) is 2. The SMILES string of the molecule is CCOC(=O)C1=C(C)NC(=S)N[C@@H]1c1ccccc1OCC(=O)NN=Cc1ccc(-c2cc(Cl)ccc2C)o1. The van der Waals surface area contributed by atoms with E-state index in [-0.39, 0.29) is 13.2 Å². The van der Waals surface area contributed by atoms with Gasteiger partial charge in [0.25, 0.3) is 5.91 Å². The van der Waals surface area contributed by atoms with E-state index < -0.39 is 17.9 Å². The van der Waals surface area contributed by atoms with Crippen LogP contribution < -0.4 is 20.8 Å². The maximum atomic E-state index is 12.7. The first-order valence-corrected chi connectivity index (χ1v) is 12.9. The van der Waals surface area contributed by atoms with Crippen LogP contribution in [0.4, 0.5) is 0 Å². The van der Waals surface area contributed by atoms with Crippen LogP contribution in [0, 0.1) is 6.92 Å². The third-order valence-corrected chi connectivity index (χ3v) is 6.28. The number of para-hydroxylation sites is 1. The summed E-state index contributed by atoms with van der Waals surface area (Å²) in [6, 6.07) is 15.6. The highest BCUT2D eigenvalue weighted by Gasteiger charge is 2.32. The van der Waals surface area contributed by atoms with E-state index in [2.05, 4.69) is 21.2 Å². The maximum absolute atomic E-state index is 12.7. The molecule has 11 heteroatoms. The van der Waals surface area contributed by atoms with E-state index in [1.165, 1.54) is 6.21 Å². The van der Waals surface area contributed by atoms with Crippen LogP contribution in [0.5, 0.6) is 5.75 Å². The van der Waals surface area contributed by atoms with Crippen LogP contribution in [0.1, 0.15) is 36.8 Å². The Bertz CT molecular complexity index is 1470. The average molecular weight is 567 g/mol. The molecule has 4 rings (SSSR count). The molecule has 1 aliphatic rings. The van der Waals surface area contributed by atoms with Gasteiger partial charge in [-0.3, -0.25) is 4.79 Å². The number of halogens is 1. The standard InChI is InChI=1S/C28H27ClN4O5S/c1-4-36-27(35)25-17(3)31-28(39)32-26(25)20-7-5-6-8-22(20)37-15-24(34)33-30-14-19-11-12-23(38-19)21-13-18(29)10-9-16(21)2/h5-14,26H,4,15H2,1-3H3,(H,33,34)(H2,31,32,39)/t26-/m1/s1. The minimum atomic E-state index is -0.619. The molecule has 1 aromatic heterocycles. The lowest BCUT2D eigenvalue weighted by atomic mass is 9.95. The number of furan rings is 1. The van der Waals surface area contributed by atoms with Gasteiger partial charge in [0.2, 0.25) is 0 Å². The molecule has 2 heterocycles. The van der Waals surface area contributed by atoms with Crippen LogP contribution >= 0.6 is 23.8 Å². The second-order valence-electron chi connectivity index (χ2n) is 8.57. The van der Waals surface area contributed by atoms with E-state index in [0.717, 1.165) is 11.1 Å². The van der Waals surface area contributed by atoms with Gasteiger partial charge in [0.05, 0.1) is 24.4 Å². The van der Waals surface area contributed by atoms with E-state index in [0.29, 0.717) is 44.2 Å². The van der Waals surface area contributed by atoms with Crippen molar-refractivity contribution in [1.82, 2.24) is 16.1 Å². The first-order valence-electron chi connectivity index (χ1n) is 12.1. The Hall–Kier alpha value is -4.15. The summed E-state index contributed by atoms with van der Waals surface area (Å²) >= 11 is 11.4. The Morgan fingerprint density at radius 2 is 1.97 bits per heavy atom. The number of rotatable bonds is 9. The zero-order chi connectivity index (χ0) is 27.9. The lowest BCUT2D eigenvalue weighted by Crippen LogP contribution is -2.45. The Morgan fingerprint density at radius 3 is 2.77 bits per heavy atom. The summed E-state index contributed by atoms with van der Waals surface area (Å²) in [5, 5.41) is 11.0. The predicted octanol–water partition coefficient (Wildman–Crippen LogP) is 4.79. The fourth-order valence-electron chi connectivity index (χ4n) is 4.03. The number of esters is 1. The number of aryl methyl sites for hydroxylation is 1. The molecule has 0 saturated carbocycles. The summed E-state index contributed by atoms with van der Waals surface area (Å²) < 4.78 is 16.8. The number of nitrogens with zero attached hydrogens (tertiary/aromatic N) is 1. The van der Waals surface area contributed by atoms with E-state index in [9.17, 15) is 9.59 Å². The largest absolute Gasteiger partial charge is 0.483 e. The van der Waals surface area contributed by atoms with Crippen LogP contribution in [0.25, 0.3) is 11.3 Å². The maximum Gasteiger partial charge on any atom is 0.338 e. The number of hydrogen-bond acceptors (Lipinski definition) is 7. The third-order valence-electron chi connectivity index (χ3n) is 5.83. The summed E-state index contributed by atoms with van der Waals surface area (Å²) in [7, 11) is 0. The van der Waals surface area contributed by atoms with Gasteiger partial charge in [-0.2, -0.15) is 5.10 Å². The molecule has 9 nitrogen and oxygen atoms in total. The quantitative estimate of drug-likeness (QED) is 0.147. The minimum absolute atomic E-state index is 0.227. The molecule has 39 heavy (non-hydrogen) atoms. The highest BCUT2D eigenvalue weighted by atomic mass is 35.5. The van der Waals surface area contributed by atoms with E-state index in [4.69, 9.17) is 37.7 Å². The second kappa shape index (κ2) is 12.6. The molecule has 1 aliphatic heterocycles. The molecule has 0 bridgehead atoms. The van der Waals surface area contributed by atoms with Gasteiger partial charge in [0.15, 0.2) is 11.7 Å². The molecule has 0 aliphatic carbocycles. The van der Waals surface area contributed by atoms with Crippen molar-refractivity contribution in [3.63, 3.8) is 0 Å². The van der Waals surface area contributed by atoms with E-state index >= 15 is 0 Å². The van der Waals surface area contributed by atoms with Gasteiger partial charge in [0, 0.05) is 21.8 Å². The van der Waals surface area contributed by atoms with Gasteiger partial charge in [-0.1, -0.05) is 35.9 Å². The summed E-state index contributed by atoms with van der Waals surface area (Å²) in [6.07, 6.45) is 1.40. The van der Waals surface area contributed by atoms with E-state index in [1.54, 1.807) is 44.2 Å². The Kier molecular flexibility index (Phi) is 9.00. The summed E-state index contributed by atoms with van der Waals surface area (Å²) in [4.78, 5) is 25.1. The number of benzene rings is 2. The fraction of sp³-hybridized carbons (Fsp3) is 0.214. The van der Waals surface area contributed by atoms with Gasteiger partial charge < -0.3 is 24.5 Å². The number of carbonyl (C=O) groups is 2. The van der Waals surface area contributed by atoms with Crippen LogP contribution in [-0.2, 0) is 14.3 Å². The highest BCUT2D eigenvalue weighted by Crippen LogP contribution is 2.33. The molecular weight excluding hydrogens is 540 g/mol. The van der Waals surface area contributed by atoms with Crippen LogP contribution in [0.15, 0.2) is 75.4 Å².